The molecule has 28 heavy (non-hydrogen) atoms. The van der Waals surface area contributed by atoms with E-state index in [-0.39, 0.29) is 17.6 Å². The van der Waals surface area contributed by atoms with Gasteiger partial charge < -0.3 is 0 Å². The Labute approximate surface area is 167 Å². The Kier molecular flexibility index (Phi) is 6.08. The number of carbonyl (C=O) groups is 2. The number of rotatable bonds is 5. The molecule has 0 aliphatic carbocycles. The minimum absolute atomic E-state index is 0.126. The second-order valence-electron chi connectivity index (χ2n) is 6.05. The molecule has 0 spiro atoms. The van der Waals surface area contributed by atoms with E-state index in [2.05, 4.69) is 10.1 Å². The first-order valence-corrected chi connectivity index (χ1v) is 9.94. The average molecular weight is 400 g/mol. The summed E-state index contributed by atoms with van der Waals surface area (Å²) in [6.45, 7) is 6.68. The van der Waals surface area contributed by atoms with E-state index in [1.54, 1.807) is 36.2 Å². The largest absolute Gasteiger partial charge is 0.287 e. The zero-order valence-corrected chi connectivity index (χ0v) is 16.8. The van der Waals surface area contributed by atoms with E-state index in [9.17, 15) is 14.0 Å². The lowest BCUT2D eigenvalue weighted by Crippen LogP contribution is -2.28. The Bertz CT molecular complexity index is 963. The number of benzene rings is 1. The van der Waals surface area contributed by atoms with Crippen molar-refractivity contribution in [2.45, 2.75) is 27.2 Å². The van der Waals surface area contributed by atoms with Crippen molar-refractivity contribution in [2.24, 2.45) is 4.99 Å². The number of aromatic nitrogens is 2. The van der Waals surface area contributed by atoms with Crippen LogP contribution < -0.4 is 0 Å². The molecule has 0 unspecified atom stereocenters. The summed E-state index contributed by atoms with van der Waals surface area (Å²) in [6, 6.07) is 5.89. The Morgan fingerprint density at radius 1 is 1.25 bits per heavy atom. The molecule has 0 bridgehead atoms. The molecule has 1 aromatic carbocycles. The fraction of sp³-hybridized carbons (Fsp3) is 0.300. The highest BCUT2D eigenvalue weighted by Gasteiger charge is 2.32. The molecule has 0 radical (unpaired) electrons. The molecule has 1 fully saturated rings. The first kappa shape index (κ1) is 20.0. The van der Waals surface area contributed by atoms with E-state index in [1.165, 1.54) is 28.6 Å². The minimum Gasteiger partial charge on any atom is -0.287 e. The van der Waals surface area contributed by atoms with Gasteiger partial charge in [-0.2, -0.15) is 5.10 Å². The van der Waals surface area contributed by atoms with Crippen LogP contribution in [0.2, 0.25) is 0 Å². The smallest absolute Gasteiger partial charge is 0.266 e. The van der Waals surface area contributed by atoms with Crippen molar-refractivity contribution < 1.29 is 14.0 Å². The predicted octanol–water partition coefficient (Wildman–Crippen LogP) is 4.05. The van der Waals surface area contributed by atoms with Gasteiger partial charge in [-0.3, -0.25) is 19.5 Å². The highest BCUT2D eigenvalue weighted by Crippen LogP contribution is 2.34. The number of carbonyl (C=O) groups excluding carboxylic acids is 2. The highest BCUT2D eigenvalue weighted by molar-refractivity contribution is 8.18. The van der Waals surface area contributed by atoms with Gasteiger partial charge in [0.15, 0.2) is 5.17 Å². The standard InChI is InChI=1S/C20H21FN4O2S/c1-4-17(26)25-12-14(18(23-25)13-7-9-15(21)10-8-13)11-16-19(27)24(6-3)20(28-16)22-5-2/h7-12H,4-6H2,1-3H3/b16-11+,22-20?. The van der Waals surface area contributed by atoms with Crippen molar-refractivity contribution in [1.29, 1.82) is 0 Å². The van der Waals surface area contributed by atoms with Crippen LogP contribution in [-0.4, -0.2) is 44.8 Å². The maximum Gasteiger partial charge on any atom is 0.266 e. The third-order valence-corrected chi connectivity index (χ3v) is 5.25. The van der Waals surface area contributed by atoms with E-state index in [0.717, 1.165) is 0 Å². The molecule has 2 heterocycles. The number of amides is 1. The van der Waals surface area contributed by atoms with Gasteiger partial charge in [0.25, 0.3) is 5.91 Å². The molecule has 1 aliphatic heterocycles. The Hall–Kier alpha value is -2.74. The van der Waals surface area contributed by atoms with Crippen LogP contribution in [-0.2, 0) is 4.79 Å². The van der Waals surface area contributed by atoms with Crippen molar-refractivity contribution in [2.75, 3.05) is 13.1 Å². The summed E-state index contributed by atoms with van der Waals surface area (Å²) < 4.78 is 14.6. The second-order valence-corrected chi connectivity index (χ2v) is 7.06. The molecule has 1 aliphatic rings. The molecule has 3 rings (SSSR count). The van der Waals surface area contributed by atoms with Crippen LogP contribution in [0.5, 0.6) is 0 Å². The summed E-state index contributed by atoms with van der Waals surface area (Å²) in [4.78, 5) is 31.4. The van der Waals surface area contributed by atoms with Gasteiger partial charge in [-0.05, 0) is 56.0 Å². The Morgan fingerprint density at radius 3 is 2.57 bits per heavy atom. The summed E-state index contributed by atoms with van der Waals surface area (Å²) in [5, 5.41) is 5.05. The van der Waals surface area contributed by atoms with Crippen LogP contribution in [0, 0.1) is 5.82 Å². The van der Waals surface area contributed by atoms with Gasteiger partial charge in [0.1, 0.15) is 11.5 Å². The van der Waals surface area contributed by atoms with E-state index >= 15 is 0 Å². The average Bonchev–Trinajstić information content (AvgIpc) is 3.24. The van der Waals surface area contributed by atoms with Gasteiger partial charge in [-0.25, -0.2) is 9.07 Å². The number of hydrogen-bond donors (Lipinski definition) is 0. The van der Waals surface area contributed by atoms with E-state index < -0.39 is 0 Å². The molecule has 0 saturated carbocycles. The lowest BCUT2D eigenvalue weighted by atomic mass is 10.1. The quantitative estimate of drug-likeness (QED) is 0.710. The second kappa shape index (κ2) is 8.52. The molecule has 0 atom stereocenters. The maximum absolute atomic E-state index is 13.3. The van der Waals surface area contributed by atoms with Crippen LogP contribution in [0.3, 0.4) is 0 Å². The number of nitrogens with zero attached hydrogens (tertiary/aromatic N) is 4. The predicted molar refractivity (Wildman–Crippen MR) is 109 cm³/mol. The van der Waals surface area contributed by atoms with Gasteiger partial charge in [-0.15, -0.1) is 0 Å². The molecule has 0 N–H and O–H groups in total. The molecule has 8 heteroatoms. The van der Waals surface area contributed by atoms with Crippen molar-refractivity contribution in [3.05, 3.63) is 46.7 Å². The molecular formula is C20H21FN4O2S. The van der Waals surface area contributed by atoms with Gasteiger partial charge in [0.05, 0.1) is 4.91 Å². The summed E-state index contributed by atoms with van der Waals surface area (Å²) in [6.07, 6.45) is 3.63. The van der Waals surface area contributed by atoms with Crippen molar-refractivity contribution in [1.82, 2.24) is 14.7 Å². The van der Waals surface area contributed by atoms with Crippen LogP contribution >= 0.6 is 11.8 Å². The molecule has 1 amide bonds. The van der Waals surface area contributed by atoms with Crippen LogP contribution in [0.1, 0.15) is 37.6 Å². The summed E-state index contributed by atoms with van der Waals surface area (Å²) in [5.41, 5.74) is 1.81. The lowest BCUT2D eigenvalue weighted by Gasteiger charge is -2.11. The van der Waals surface area contributed by atoms with Crippen molar-refractivity contribution >= 4 is 34.8 Å². The fourth-order valence-electron chi connectivity index (χ4n) is 2.80. The third-order valence-electron chi connectivity index (χ3n) is 4.20. The molecule has 1 saturated heterocycles. The normalized spacial score (nSPS) is 17.1. The Balaban J connectivity index is 2.08. The van der Waals surface area contributed by atoms with Crippen molar-refractivity contribution in [3.63, 3.8) is 0 Å². The molecule has 1 aromatic heterocycles. The number of amidine groups is 1. The summed E-state index contributed by atoms with van der Waals surface area (Å²) >= 11 is 1.31. The monoisotopic (exact) mass is 400 g/mol. The number of aliphatic imine (C=N–C) groups is 1. The number of thioether (sulfide) groups is 1. The van der Waals surface area contributed by atoms with Crippen LogP contribution in [0.25, 0.3) is 17.3 Å². The zero-order chi connectivity index (χ0) is 20.3. The molecular weight excluding hydrogens is 379 g/mol. The van der Waals surface area contributed by atoms with Gasteiger partial charge >= 0.3 is 0 Å². The topological polar surface area (TPSA) is 67.6 Å². The molecule has 2 aromatic rings. The van der Waals surface area contributed by atoms with Crippen LogP contribution in [0.15, 0.2) is 40.4 Å². The van der Waals surface area contributed by atoms with Gasteiger partial charge in [0.2, 0.25) is 5.91 Å². The SMILES string of the molecule is CCN=C1S/C(=C/c2cn(C(=O)CC)nc2-c2ccc(F)cc2)C(=O)N1CC. The minimum atomic E-state index is -0.353. The lowest BCUT2D eigenvalue weighted by molar-refractivity contribution is -0.122. The van der Waals surface area contributed by atoms with Crippen molar-refractivity contribution in [3.8, 4) is 11.3 Å². The van der Waals surface area contributed by atoms with E-state index in [0.29, 0.717) is 46.4 Å². The third kappa shape index (κ3) is 3.91. The van der Waals surface area contributed by atoms with E-state index in [4.69, 9.17) is 0 Å². The van der Waals surface area contributed by atoms with Gasteiger partial charge in [0, 0.05) is 36.8 Å². The first-order valence-electron chi connectivity index (χ1n) is 9.13. The maximum atomic E-state index is 13.3. The number of likely N-dealkylation sites (N-methyl/N-ethyl adjacent to an activating group) is 1. The first-order chi connectivity index (χ1) is 13.5. The highest BCUT2D eigenvalue weighted by atomic mass is 32.2. The zero-order valence-electron chi connectivity index (χ0n) is 16.0. The number of hydrogen-bond acceptors (Lipinski definition) is 5. The van der Waals surface area contributed by atoms with E-state index in [1.807, 2.05) is 13.8 Å². The summed E-state index contributed by atoms with van der Waals surface area (Å²) in [7, 11) is 0. The van der Waals surface area contributed by atoms with Gasteiger partial charge in [-0.1, -0.05) is 6.92 Å². The molecule has 6 nitrogen and oxygen atoms in total. The summed E-state index contributed by atoms with van der Waals surface area (Å²) in [5.74, 6) is -0.644. The number of halogens is 1. The fourth-order valence-corrected chi connectivity index (χ4v) is 3.89. The molecule has 146 valence electrons. The van der Waals surface area contributed by atoms with Crippen LogP contribution in [0.4, 0.5) is 4.39 Å². The Morgan fingerprint density at radius 2 is 1.96 bits per heavy atom.